The Bertz CT molecular complexity index is 590. The van der Waals surface area contributed by atoms with Crippen molar-refractivity contribution in [1.82, 2.24) is 5.32 Å². The van der Waals surface area contributed by atoms with E-state index in [1.807, 2.05) is 0 Å². The van der Waals surface area contributed by atoms with E-state index in [-0.39, 0.29) is 16.5 Å². The van der Waals surface area contributed by atoms with Gasteiger partial charge in [0.25, 0.3) is 0 Å². The van der Waals surface area contributed by atoms with E-state index in [4.69, 9.17) is 16.3 Å². The fourth-order valence-electron chi connectivity index (χ4n) is 1.66. The van der Waals surface area contributed by atoms with Gasteiger partial charge in [-0.1, -0.05) is 23.7 Å². The zero-order chi connectivity index (χ0) is 13.8. The number of nitrogens with one attached hydrogen (secondary N) is 1. The third-order valence-electron chi connectivity index (χ3n) is 2.53. The Labute approximate surface area is 115 Å². The van der Waals surface area contributed by atoms with Crippen LogP contribution in [0.3, 0.4) is 0 Å². The first-order valence-corrected chi connectivity index (χ1v) is 6.04. The van der Waals surface area contributed by atoms with Crippen molar-refractivity contribution in [3.8, 4) is 11.5 Å². The molecule has 0 aliphatic carbocycles. The molecule has 2 rings (SSSR count). The highest BCUT2D eigenvalue weighted by Crippen LogP contribution is 2.30. The van der Waals surface area contributed by atoms with Gasteiger partial charge in [0, 0.05) is 18.2 Å². The van der Waals surface area contributed by atoms with E-state index in [0.29, 0.717) is 12.1 Å². The van der Waals surface area contributed by atoms with Crippen LogP contribution in [0.5, 0.6) is 11.5 Å². The van der Waals surface area contributed by atoms with Crippen molar-refractivity contribution >= 4 is 11.6 Å². The van der Waals surface area contributed by atoms with Gasteiger partial charge in [-0.15, -0.1) is 0 Å². The predicted octanol–water partition coefficient (Wildman–Crippen LogP) is 4.13. The SMILES string of the molecule is CNCc1cccc(F)c1Oc1ccc(Cl)c(F)c1. The molecular weight excluding hydrogens is 272 g/mol. The molecular formula is C14H12ClF2NO. The van der Waals surface area contributed by atoms with E-state index >= 15 is 0 Å². The lowest BCUT2D eigenvalue weighted by atomic mass is 10.2. The Kier molecular flexibility index (Phi) is 4.35. The molecule has 5 heteroatoms. The van der Waals surface area contributed by atoms with Crippen molar-refractivity contribution in [3.63, 3.8) is 0 Å². The summed E-state index contributed by atoms with van der Waals surface area (Å²) in [6.45, 7) is 0.448. The summed E-state index contributed by atoms with van der Waals surface area (Å²) in [4.78, 5) is 0. The summed E-state index contributed by atoms with van der Waals surface area (Å²) in [5.74, 6) is -0.822. The van der Waals surface area contributed by atoms with E-state index in [9.17, 15) is 8.78 Å². The zero-order valence-electron chi connectivity index (χ0n) is 10.2. The lowest BCUT2D eigenvalue weighted by Gasteiger charge is -2.12. The van der Waals surface area contributed by atoms with E-state index in [0.717, 1.165) is 6.07 Å². The van der Waals surface area contributed by atoms with Gasteiger partial charge in [-0.05, 0) is 25.2 Å². The molecule has 0 spiro atoms. The molecule has 2 aromatic rings. The number of para-hydroxylation sites is 1. The fraction of sp³-hybridized carbons (Fsp3) is 0.143. The van der Waals surface area contributed by atoms with E-state index < -0.39 is 11.6 Å². The highest BCUT2D eigenvalue weighted by Gasteiger charge is 2.11. The summed E-state index contributed by atoms with van der Waals surface area (Å²) < 4.78 is 32.5. The lowest BCUT2D eigenvalue weighted by molar-refractivity contribution is 0.431. The minimum Gasteiger partial charge on any atom is -0.454 e. The lowest BCUT2D eigenvalue weighted by Crippen LogP contribution is -2.07. The Morgan fingerprint density at radius 2 is 1.95 bits per heavy atom. The molecule has 0 fully saturated rings. The Balaban J connectivity index is 2.34. The number of hydrogen-bond donors (Lipinski definition) is 1. The molecule has 0 amide bonds. The van der Waals surface area contributed by atoms with Crippen LogP contribution in [-0.4, -0.2) is 7.05 Å². The Morgan fingerprint density at radius 3 is 2.63 bits per heavy atom. The smallest absolute Gasteiger partial charge is 0.167 e. The molecule has 100 valence electrons. The molecule has 0 unspecified atom stereocenters. The van der Waals surface area contributed by atoms with Gasteiger partial charge in [-0.3, -0.25) is 0 Å². The van der Waals surface area contributed by atoms with Crippen molar-refractivity contribution in [3.05, 3.63) is 58.6 Å². The number of ether oxygens (including phenoxy) is 1. The van der Waals surface area contributed by atoms with Crippen LogP contribution in [0.2, 0.25) is 5.02 Å². The molecule has 0 saturated carbocycles. The first-order valence-electron chi connectivity index (χ1n) is 5.66. The van der Waals surface area contributed by atoms with Crippen LogP contribution in [0, 0.1) is 11.6 Å². The topological polar surface area (TPSA) is 21.3 Å². The average molecular weight is 284 g/mol. The van der Waals surface area contributed by atoms with Crippen LogP contribution in [0.1, 0.15) is 5.56 Å². The van der Waals surface area contributed by atoms with Gasteiger partial charge in [0.1, 0.15) is 11.6 Å². The summed E-state index contributed by atoms with van der Waals surface area (Å²) in [6, 6.07) is 8.60. The van der Waals surface area contributed by atoms with Gasteiger partial charge >= 0.3 is 0 Å². The van der Waals surface area contributed by atoms with Crippen molar-refractivity contribution < 1.29 is 13.5 Å². The van der Waals surface area contributed by atoms with Crippen molar-refractivity contribution in [2.24, 2.45) is 0 Å². The third-order valence-corrected chi connectivity index (χ3v) is 2.83. The monoisotopic (exact) mass is 283 g/mol. The second-order valence-corrected chi connectivity index (χ2v) is 4.34. The molecule has 0 aliphatic rings. The molecule has 19 heavy (non-hydrogen) atoms. The van der Waals surface area contributed by atoms with E-state index in [1.165, 1.54) is 18.2 Å². The quantitative estimate of drug-likeness (QED) is 0.911. The van der Waals surface area contributed by atoms with Crippen LogP contribution in [0.15, 0.2) is 36.4 Å². The summed E-state index contributed by atoms with van der Waals surface area (Å²) in [6.07, 6.45) is 0. The summed E-state index contributed by atoms with van der Waals surface area (Å²) in [5, 5.41) is 2.91. The summed E-state index contributed by atoms with van der Waals surface area (Å²) in [5.41, 5.74) is 0.651. The summed E-state index contributed by atoms with van der Waals surface area (Å²) >= 11 is 5.58. The third kappa shape index (κ3) is 3.22. The zero-order valence-corrected chi connectivity index (χ0v) is 11.0. The van der Waals surface area contributed by atoms with Gasteiger partial charge in [-0.2, -0.15) is 0 Å². The molecule has 0 aromatic heterocycles. The molecule has 0 aliphatic heterocycles. The van der Waals surface area contributed by atoms with Gasteiger partial charge < -0.3 is 10.1 Å². The fourth-order valence-corrected chi connectivity index (χ4v) is 1.77. The highest BCUT2D eigenvalue weighted by atomic mass is 35.5. The van der Waals surface area contributed by atoms with Crippen LogP contribution in [0.25, 0.3) is 0 Å². The largest absolute Gasteiger partial charge is 0.454 e. The molecule has 0 heterocycles. The van der Waals surface area contributed by atoms with Crippen LogP contribution in [0.4, 0.5) is 8.78 Å². The summed E-state index contributed by atoms with van der Waals surface area (Å²) in [7, 11) is 1.75. The second-order valence-electron chi connectivity index (χ2n) is 3.94. The highest BCUT2D eigenvalue weighted by molar-refractivity contribution is 6.30. The van der Waals surface area contributed by atoms with Crippen LogP contribution >= 0.6 is 11.6 Å². The molecule has 1 N–H and O–H groups in total. The average Bonchev–Trinajstić information content (AvgIpc) is 2.38. The first kappa shape index (κ1) is 13.8. The Morgan fingerprint density at radius 1 is 1.16 bits per heavy atom. The van der Waals surface area contributed by atoms with Crippen LogP contribution < -0.4 is 10.1 Å². The standard InChI is InChI=1S/C14H12ClF2NO/c1-18-8-9-3-2-4-12(16)14(9)19-10-5-6-11(15)13(17)7-10/h2-7,18H,8H2,1H3. The van der Waals surface area contributed by atoms with Gasteiger partial charge in [0.05, 0.1) is 5.02 Å². The maximum absolute atomic E-state index is 13.8. The van der Waals surface area contributed by atoms with Gasteiger partial charge in [0.15, 0.2) is 11.6 Å². The van der Waals surface area contributed by atoms with E-state index in [1.54, 1.807) is 19.2 Å². The minimum absolute atomic E-state index is 0.00340. The molecule has 2 nitrogen and oxygen atoms in total. The number of benzene rings is 2. The number of halogens is 3. The normalized spacial score (nSPS) is 10.5. The first-order chi connectivity index (χ1) is 9.11. The predicted molar refractivity (Wildman–Crippen MR) is 70.6 cm³/mol. The number of hydrogen-bond acceptors (Lipinski definition) is 2. The molecule has 0 bridgehead atoms. The van der Waals surface area contributed by atoms with Gasteiger partial charge in [-0.25, -0.2) is 8.78 Å². The molecule has 0 saturated heterocycles. The van der Waals surface area contributed by atoms with Crippen LogP contribution in [-0.2, 0) is 6.54 Å². The van der Waals surface area contributed by atoms with Crippen molar-refractivity contribution in [1.29, 1.82) is 0 Å². The molecule has 0 radical (unpaired) electrons. The van der Waals surface area contributed by atoms with E-state index in [2.05, 4.69) is 5.32 Å². The minimum atomic E-state index is -0.606. The maximum atomic E-state index is 13.8. The van der Waals surface area contributed by atoms with Gasteiger partial charge in [0.2, 0.25) is 0 Å². The molecule has 0 atom stereocenters. The van der Waals surface area contributed by atoms with Crippen molar-refractivity contribution in [2.45, 2.75) is 6.54 Å². The Hall–Kier alpha value is -1.65. The second kappa shape index (κ2) is 5.99. The maximum Gasteiger partial charge on any atom is 0.167 e. The van der Waals surface area contributed by atoms with Crippen molar-refractivity contribution in [2.75, 3.05) is 7.05 Å². The number of rotatable bonds is 4. The molecule has 2 aromatic carbocycles.